The molecule has 1 saturated heterocycles. The summed E-state index contributed by atoms with van der Waals surface area (Å²) in [6.45, 7) is 4.09. The van der Waals surface area contributed by atoms with Crippen molar-refractivity contribution < 1.29 is 19.2 Å². The normalized spacial score (nSPS) is 16.1. The predicted molar refractivity (Wildman–Crippen MR) is 117 cm³/mol. The molecule has 0 aliphatic carbocycles. The van der Waals surface area contributed by atoms with Crippen LogP contribution in [0.3, 0.4) is 0 Å². The Morgan fingerprint density at radius 3 is 2.71 bits per heavy atom. The quantitative estimate of drug-likeness (QED) is 0.586. The van der Waals surface area contributed by atoms with Crippen LogP contribution in [0.1, 0.15) is 5.56 Å². The molecule has 3 aromatic rings. The zero-order valence-electron chi connectivity index (χ0n) is 16.9. The lowest BCUT2D eigenvalue weighted by Gasteiger charge is -2.32. The Labute approximate surface area is 183 Å². The third kappa shape index (κ3) is 3.94. The van der Waals surface area contributed by atoms with Crippen LogP contribution >= 0.6 is 12.2 Å². The van der Waals surface area contributed by atoms with Crippen molar-refractivity contribution in [1.29, 1.82) is 0 Å². The minimum Gasteiger partial charge on any atom is -0.454 e. The zero-order valence-corrected chi connectivity index (χ0v) is 17.7. The number of hydrogen-bond donors (Lipinski definition) is 2. The molecular weight excluding hydrogens is 416 g/mol. The number of nitrogens with zero attached hydrogens (tertiary/aromatic N) is 2. The number of nitrogens with one attached hydrogen (secondary N) is 2. The predicted octanol–water partition coefficient (Wildman–Crippen LogP) is 0.715. The number of hydrogen-bond acceptors (Lipinski definition) is 5. The van der Waals surface area contributed by atoms with E-state index in [2.05, 4.69) is 11.1 Å². The van der Waals surface area contributed by atoms with Crippen LogP contribution in [0.4, 0.5) is 0 Å². The molecule has 0 atom stereocenters. The van der Waals surface area contributed by atoms with E-state index in [4.69, 9.17) is 21.7 Å². The average Bonchev–Trinajstić information content (AvgIpc) is 3.25. The minimum absolute atomic E-state index is 0.0451. The Balaban J connectivity index is 1.22. The molecule has 5 rings (SSSR count). The molecule has 31 heavy (non-hydrogen) atoms. The Kier molecular flexibility index (Phi) is 5.21. The molecule has 2 aliphatic rings. The summed E-state index contributed by atoms with van der Waals surface area (Å²) >= 11 is 5.33. The van der Waals surface area contributed by atoms with E-state index >= 15 is 0 Å². The lowest BCUT2D eigenvalue weighted by molar-refractivity contribution is -0.917. The van der Waals surface area contributed by atoms with Gasteiger partial charge >= 0.3 is 0 Å². The van der Waals surface area contributed by atoms with Crippen LogP contribution in [0.25, 0.3) is 10.9 Å². The number of carbonyl (C=O) groups is 1. The van der Waals surface area contributed by atoms with Gasteiger partial charge in [-0.3, -0.25) is 14.2 Å². The van der Waals surface area contributed by atoms with E-state index in [9.17, 15) is 9.59 Å². The van der Waals surface area contributed by atoms with Gasteiger partial charge < -0.3 is 24.3 Å². The first kappa shape index (κ1) is 19.8. The number of carbonyl (C=O) groups excluding carboxylic acids is 1. The molecule has 2 N–H and O–H groups in total. The second-order valence-corrected chi connectivity index (χ2v) is 8.25. The Morgan fingerprint density at radius 2 is 1.87 bits per heavy atom. The van der Waals surface area contributed by atoms with Crippen molar-refractivity contribution in [2.45, 2.75) is 13.1 Å². The number of aromatic amines is 1. The highest BCUT2D eigenvalue weighted by Gasteiger charge is 2.25. The van der Waals surface area contributed by atoms with Crippen LogP contribution in [0.15, 0.2) is 47.3 Å². The molecule has 1 aromatic heterocycles. The van der Waals surface area contributed by atoms with Crippen LogP contribution in [-0.4, -0.2) is 53.3 Å². The Morgan fingerprint density at radius 1 is 1.10 bits per heavy atom. The SMILES string of the molecule is O=C(Cn1c(=S)[nH]c2ccccc2c1=O)N1CC[NH+](Cc2ccc3c(c2)OCO3)CC1. The zero-order chi connectivity index (χ0) is 21.4. The van der Waals surface area contributed by atoms with Crippen LogP contribution in [0.2, 0.25) is 0 Å². The second-order valence-electron chi connectivity index (χ2n) is 7.86. The van der Waals surface area contributed by atoms with Gasteiger partial charge in [-0.05, 0) is 42.5 Å². The summed E-state index contributed by atoms with van der Waals surface area (Å²) in [6, 6.07) is 13.2. The van der Waals surface area contributed by atoms with Crippen molar-refractivity contribution in [1.82, 2.24) is 14.5 Å². The Hall–Kier alpha value is -3.17. The van der Waals surface area contributed by atoms with Crippen molar-refractivity contribution in [3.05, 3.63) is 63.2 Å². The van der Waals surface area contributed by atoms with E-state index in [1.165, 1.54) is 15.0 Å². The van der Waals surface area contributed by atoms with Gasteiger partial charge in [0.15, 0.2) is 16.3 Å². The molecule has 8 nitrogen and oxygen atoms in total. The molecular formula is C22H23N4O4S+. The number of aromatic nitrogens is 2. The van der Waals surface area contributed by atoms with Crippen molar-refractivity contribution in [2.24, 2.45) is 0 Å². The maximum Gasteiger partial charge on any atom is 0.262 e. The summed E-state index contributed by atoms with van der Waals surface area (Å²) in [4.78, 5) is 31.9. The molecule has 160 valence electrons. The monoisotopic (exact) mass is 439 g/mol. The smallest absolute Gasteiger partial charge is 0.262 e. The fourth-order valence-electron chi connectivity index (χ4n) is 4.17. The van der Waals surface area contributed by atoms with Gasteiger partial charge in [-0.1, -0.05) is 12.1 Å². The van der Waals surface area contributed by atoms with E-state index < -0.39 is 0 Å². The van der Waals surface area contributed by atoms with Gasteiger partial charge in [0.1, 0.15) is 13.1 Å². The number of ether oxygens (including phenoxy) is 2. The van der Waals surface area contributed by atoms with Gasteiger partial charge in [-0.15, -0.1) is 0 Å². The highest BCUT2D eigenvalue weighted by Crippen LogP contribution is 2.32. The standard InChI is InChI=1S/C22H22N4O4S/c27-20(13-26-21(28)16-3-1-2-4-17(16)23-22(26)31)25-9-7-24(8-10-25)12-15-5-6-18-19(11-15)30-14-29-18/h1-6,11H,7-10,12-14H2,(H,23,31)/p+1. The van der Waals surface area contributed by atoms with Crippen molar-refractivity contribution in [3.8, 4) is 11.5 Å². The van der Waals surface area contributed by atoms with E-state index in [-0.39, 0.29) is 29.6 Å². The molecule has 2 aliphatic heterocycles. The first-order chi connectivity index (χ1) is 15.1. The number of piperazine rings is 1. The van der Waals surface area contributed by atoms with Gasteiger partial charge in [-0.2, -0.15) is 0 Å². The third-order valence-electron chi connectivity index (χ3n) is 5.90. The van der Waals surface area contributed by atoms with Crippen LogP contribution in [0.5, 0.6) is 11.5 Å². The number of fused-ring (bicyclic) bond motifs is 2. The number of quaternary nitrogens is 1. The Bertz CT molecular complexity index is 1260. The lowest BCUT2D eigenvalue weighted by Crippen LogP contribution is -3.13. The highest BCUT2D eigenvalue weighted by atomic mass is 32.1. The van der Waals surface area contributed by atoms with Crippen molar-refractivity contribution in [3.63, 3.8) is 0 Å². The molecule has 0 bridgehead atoms. The molecule has 0 spiro atoms. The van der Waals surface area contributed by atoms with Gasteiger partial charge in [0.05, 0.1) is 37.1 Å². The summed E-state index contributed by atoms with van der Waals surface area (Å²) in [7, 11) is 0. The molecule has 3 heterocycles. The third-order valence-corrected chi connectivity index (χ3v) is 6.22. The molecule has 1 fully saturated rings. The van der Waals surface area contributed by atoms with E-state index in [0.29, 0.717) is 24.0 Å². The first-order valence-electron chi connectivity index (χ1n) is 10.3. The maximum atomic E-state index is 12.9. The average molecular weight is 440 g/mol. The lowest BCUT2D eigenvalue weighted by atomic mass is 10.1. The van der Waals surface area contributed by atoms with E-state index in [1.54, 1.807) is 18.2 Å². The molecule has 0 radical (unpaired) electrons. The van der Waals surface area contributed by atoms with Gasteiger partial charge in [0.25, 0.3) is 5.56 Å². The van der Waals surface area contributed by atoms with Gasteiger partial charge in [0.2, 0.25) is 12.7 Å². The summed E-state index contributed by atoms with van der Waals surface area (Å²) in [6.07, 6.45) is 0. The van der Waals surface area contributed by atoms with Crippen LogP contribution in [0, 0.1) is 4.77 Å². The van der Waals surface area contributed by atoms with Crippen molar-refractivity contribution in [2.75, 3.05) is 33.0 Å². The number of H-pyrrole nitrogens is 1. The van der Waals surface area contributed by atoms with E-state index in [0.717, 1.165) is 31.1 Å². The fourth-order valence-corrected chi connectivity index (χ4v) is 4.42. The van der Waals surface area contributed by atoms with Gasteiger partial charge in [0, 0.05) is 5.56 Å². The molecule has 9 heteroatoms. The number of amides is 1. The first-order valence-corrected chi connectivity index (χ1v) is 10.7. The number of benzene rings is 2. The molecule has 0 unspecified atom stereocenters. The van der Waals surface area contributed by atoms with Crippen molar-refractivity contribution >= 4 is 29.0 Å². The molecule has 1 amide bonds. The summed E-state index contributed by atoms with van der Waals surface area (Å²) in [5.41, 5.74) is 1.63. The van der Waals surface area contributed by atoms with E-state index in [1.807, 2.05) is 23.1 Å². The number of rotatable bonds is 4. The minimum atomic E-state index is -0.236. The summed E-state index contributed by atoms with van der Waals surface area (Å²) in [5, 5.41) is 0.530. The summed E-state index contributed by atoms with van der Waals surface area (Å²) in [5.74, 6) is 1.50. The van der Waals surface area contributed by atoms with Crippen LogP contribution < -0.4 is 19.9 Å². The number of para-hydroxylation sites is 1. The van der Waals surface area contributed by atoms with Gasteiger partial charge in [-0.25, -0.2) is 0 Å². The highest BCUT2D eigenvalue weighted by molar-refractivity contribution is 7.71. The molecule has 0 saturated carbocycles. The summed E-state index contributed by atoms with van der Waals surface area (Å²) < 4.78 is 12.4. The fraction of sp³-hybridized carbons (Fsp3) is 0.318. The second kappa shape index (κ2) is 8.16. The molecule has 2 aromatic carbocycles. The van der Waals surface area contributed by atoms with Crippen LogP contribution in [-0.2, 0) is 17.9 Å². The maximum absolute atomic E-state index is 12.9. The topological polar surface area (TPSA) is 81.0 Å². The largest absolute Gasteiger partial charge is 0.454 e.